The number of rotatable bonds is 6. The minimum Gasteiger partial charge on any atom is -0.496 e. The van der Waals surface area contributed by atoms with Gasteiger partial charge in [0.25, 0.3) is 0 Å². The molecule has 21 heavy (non-hydrogen) atoms. The molecular formula is C16H20N2O3. The van der Waals surface area contributed by atoms with E-state index in [0.29, 0.717) is 5.75 Å². The molecule has 1 N–H and O–H groups in total. The minimum absolute atomic E-state index is 0.112. The molecule has 0 aliphatic heterocycles. The Balaban J connectivity index is 2.55. The molecule has 5 nitrogen and oxygen atoms in total. The third-order valence-corrected chi connectivity index (χ3v) is 3.35. The Bertz CT molecular complexity index is 580. The first-order chi connectivity index (χ1) is 10.2. The number of aromatic nitrogens is 1. The topological polar surface area (TPSA) is 52.6 Å². The van der Waals surface area contributed by atoms with Gasteiger partial charge in [-0.2, -0.15) is 0 Å². The highest BCUT2D eigenvalue weighted by molar-refractivity contribution is 5.50. The lowest BCUT2D eigenvalue weighted by Gasteiger charge is -2.22. The number of benzene rings is 1. The van der Waals surface area contributed by atoms with Gasteiger partial charge in [-0.15, -0.1) is 0 Å². The van der Waals surface area contributed by atoms with Gasteiger partial charge in [0, 0.05) is 6.20 Å². The average molecular weight is 288 g/mol. The van der Waals surface area contributed by atoms with Crippen molar-refractivity contribution in [2.45, 2.75) is 6.04 Å². The molecule has 2 aromatic rings. The summed E-state index contributed by atoms with van der Waals surface area (Å²) < 4.78 is 16.2. The molecule has 0 amide bonds. The van der Waals surface area contributed by atoms with Crippen molar-refractivity contribution in [1.29, 1.82) is 0 Å². The first-order valence-electron chi connectivity index (χ1n) is 6.62. The smallest absolute Gasteiger partial charge is 0.137 e. The van der Waals surface area contributed by atoms with E-state index in [1.165, 1.54) is 0 Å². The Morgan fingerprint density at radius 3 is 2.19 bits per heavy atom. The van der Waals surface area contributed by atoms with Crippen LogP contribution in [0.25, 0.3) is 0 Å². The second-order valence-corrected chi connectivity index (χ2v) is 4.46. The first-order valence-corrected chi connectivity index (χ1v) is 6.62. The fourth-order valence-corrected chi connectivity index (χ4v) is 2.35. The third kappa shape index (κ3) is 3.08. The van der Waals surface area contributed by atoms with Crippen molar-refractivity contribution in [2.24, 2.45) is 0 Å². The number of hydrogen-bond acceptors (Lipinski definition) is 5. The highest BCUT2D eigenvalue weighted by Gasteiger charge is 2.21. The van der Waals surface area contributed by atoms with Crippen LogP contribution in [0.2, 0.25) is 0 Å². The third-order valence-electron chi connectivity index (χ3n) is 3.35. The van der Waals surface area contributed by atoms with Crippen molar-refractivity contribution in [3.05, 3.63) is 47.8 Å². The second kappa shape index (κ2) is 6.95. The van der Waals surface area contributed by atoms with E-state index in [1.54, 1.807) is 33.7 Å². The van der Waals surface area contributed by atoms with E-state index in [1.807, 2.05) is 31.3 Å². The molecule has 112 valence electrons. The summed E-state index contributed by atoms with van der Waals surface area (Å²) in [4.78, 5) is 4.21. The lowest BCUT2D eigenvalue weighted by Crippen LogP contribution is -2.19. The van der Waals surface area contributed by atoms with Crippen LogP contribution in [0, 0.1) is 0 Å². The Kier molecular flexibility index (Phi) is 5.00. The largest absolute Gasteiger partial charge is 0.496 e. The summed E-state index contributed by atoms with van der Waals surface area (Å²) in [5.74, 6) is 2.23. The lowest BCUT2D eigenvalue weighted by atomic mass is 9.98. The normalized spacial score (nSPS) is 11.8. The molecule has 0 bridgehead atoms. The maximum absolute atomic E-state index is 5.48. The van der Waals surface area contributed by atoms with Crippen molar-refractivity contribution >= 4 is 0 Å². The SMILES string of the molecule is CNC(c1cncc(OC)c1)c1c(OC)cccc1OC. The highest BCUT2D eigenvalue weighted by Crippen LogP contribution is 2.37. The predicted molar refractivity (Wildman–Crippen MR) is 81.2 cm³/mol. The van der Waals surface area contributed by atoms with Gasteiger partial charge < -0.3 is 19.5 Å². The van der Waals surface area contributed by atoms with Gasteiger partial charge >= 0.3 is 0 Å². The first kappa shape index (κ1) is 15.1. The monoisotopic (exact) mass is 288 g/mol. The molecule has 0 saturated heterocycles. The van der Waals surface area contributed by atoms with Gasteiger partial charge in [0.05, 0.1) is 39.1 Å². The molecular weight excluding hydrogens is 268 g/mol. The Labute approximate surface area is 124 Å². The number of methoxy groups -OCH3 is 3. The predicted octanol–water partition coefficient (Wildman–Crippen LogP) is 2.42. The van der Waals surface area contributed by atoms with Gasteiger partial charge in [-0.25, -0.2) is 0 Å². The molecule has 1 aromatic carbocycles. The van der Waals surface area contributed by atoms with Crippen LogP contribution in [0.1, 0.15) is 17.2 Å². The van der Waals surface area contributed by atoms with Crippen LogP contribution in [0.3, 0.4) is 0 Å². The molecule has 1 unspecified atom stereocenters. The highest BCUT2D eigenvalue weighted by atomic mass is 16.5. The molecule has 2 rings (SSSR count). The summed E-state index contributed by atoms with van der Waals surface area (Å²) in [5, 5.41) is 3.28. The van der Waals surface area contributed by atoms with Crippen LogP contribution < -0.4 is 19.5 Å². The van der Waals surface area contributed by atoms with E-state index in [0.717, 1.165) is 22.6 Å². The van der Waals surface area contributed by atoms with Gasteiger partial charge in [-0.1, -0.05) is 6.07 Å². The Hall–Kier alpha value is -2.27. The molecule has 5 heteroatoms. The maximum atomic E-state index is 5.48. The summed E-state index contributed by atoms with van der Waals surface area (Å²) in [6.07, 6.45) is 3.48. The molecule has 0 spiro atoms. The van der Waals surface area contributed by atoms with Crippen LogP contribution in [-0.4, -0.2) is 33.4 Å². The van der Waals surface area contributed by atoms with Gasteiger partial charge in [-0.3, -0.25) is 4.98 Å². The molecule has 1 aromatic heterocycles. The van der Waals surface area contributed by atoms with Crippen molar-refractivity contribution in [3.8, 4) is 17.2 Å². The average Bonchev–Trinajstić information content (AvgIpc) is 2.55. The molecule has 0 radical (unpaired) electrons. The molecule has 0 aliphatic rings. The van der Waals surface area contributed by atoms with E-state index in [-0.39, 0.29) is 6.04 Å². The summed E-state index contributed by atoms with van der Waals surface area (Å²) in [6, 6.07) is 7.56. The lowest BCUT2D eigenvalue weighted by molar-refractivity contribution is 0.378. The quantitative estimate of drug-likeness (QED) is 0.884. The number of ether oxygens (including phenoxy) is 3. The fourth-order valence-electron chi connectivity index (χ4n) is 2.35. The van der Waals surface area contributed by atoms with Crippen molar-refractivity contribution in [2.75, 3.05) is 28.4 Å². The van der Waals surface area contributed by atoms with Crippen LogP contribution >= 0.6 is 0 Å². The van der Waals surface area contributed by atoms with E-state index < -0.39 is 0 Å². The van der Waals surface area contributed by atoms with Gasteiger partial charge in [-0.05, 0) is 30.8 Å². The van der Waals surface area contributed by atoms with Gasteiger partial charge in [0.15, 0.2) is 0 Å². The summed E-state index contributed by atoms with van der Waals surface area (Å²) in [7, 11) is 6.80. The van der Waals surface area contributed by atoms with E-state index in [9.17, 15) is 0 Å². The zero-order valence-electron chi connectivity index (χ0n) is 12.7. The summed E-state index contributed by atoms with van der Waals surface area (Å²) >= 11 is 0. The van der Waals surface area contributed by atoms with Crippen molar-refractivity contribution < 1.29 is 14.2 Å². The maximum Gasteiger partial charge on any atom is 0.137 e. The molecule has 0 aliphatic carbocycles. The van der Waals surface area contributed by atoms with Crippen LogP contribution in [0.5, 0.6) is 17.2 Å². The van der Waals surface area contributed by atoms with Crippen molar-refractivity contribution in [1.82, 2.24) is 10.3 Å². The van der Waals surface area contributed by atoms with Crippen LogP contribution in [0.4, 0.5) is 0 Å². The number of pyridine rings is 1. The Morgan fingerprint density at radius 1 is 1.00 bits per heavy atom. The molecule has 1 atom stereocenters. The van der Waals surface area contributed by atoms with Gasteiger partial charge in [0.2, 0.25) is 0 Å². The minimum atomic E-state index is -0.112. The zero-order chi connectivity index (χ0) is 15.2. The zero-order valence-corrected chi connectivity index (χ0v) is 12.7. The number of hydrogen-bond donors (Lipinski definition) is 1. The molecule has 1 heterocycles. The summed E-state index contributed by atoms with van der Waals surface area (Å²) in [6.45, 7) is 0. The number of nitrogens with one attached hydrogen (secondary N) is 1. The van der Waals surface area contributed by atoms with Gasteiger partial charge in [0.1, 0.15) is 17.2 Å². The fraction of sp³-hybridized carbons (Fsp3) is 0.312. The van der Waals surface area contributed by atoms with E-state index in [4.69, 9.17) is 14.2 Å². The van der Waals surface area contributed by atoms with Crippen LogP contribution in [-0.2, 0) is 0 Å². The summed E-state index contributed by atoms with van der Waals surface area (Å²) in [5.41, 5.74) is 1.90. The standard InChI is InChI=1S/C16H20N2O3/c1-17-16(11-8-12(19-2)10-18-9-11)15-13(20-3)6-5-7-14(15)21-4/h5-10,16-17H,1-4H3. The number of nitrogens with zero attached hydrogens (tertiary/aromatic N) is 1. The van der Waals surface area contributed by atoms with Crippen LogP contribution in [0.15, 0.2) is 36.7 Å². The molecule has 0 fully saturated rings. The van der Waals surface area contributed by atoms with E-state index >= 15 is 0 Å². The molecule has 0 saturated carbocycles. The Morgan fingerprint density at radius 2 is 1.67 bits per heavy atom. The van der Waals surface area contributed by atoms with E-state index in [2.05, 4.69) is 10.3 Å². The second-order valence-electron chi connectivity index (χ2n) is 4.46. The van der Waals surface area contributed by atoms with Crippen molar-refractivity contribution in [3.63, 3.8) is 0 Å².